The minimum Gasteiger partial charge on any atom is -0.361 e. The van der Waals surface area contributed by atoms with E-state index in [1.165, 1.54) is 11.3 Å². The molecule has 108 valence electrons. The first kappa shape index (κ1) is 13.6. The molecular weight excluding hydrogens is 266 g/mol. The number of nitrogens with zero attached hydrogens (tertiary/aromatic N) is 3. The van der Waals surface area contributed by atoms with E-state index in [4.69, 9.17) is 0 Å². The Morgan fingerprint density at radius 1 is 1.14 bits per heavy atom. The van der Waals surface area contributed by atoms with Crippen LogP contribution in [0.15, 0.2) is 48.5 Å². The van der Waals surface area contributed by atoms with Gasteiger partial charge < -0.3 is 4.90 Å². The summed E-state index contributed by atoms with van der Waals surface area (Å²) in [7, 11) is 2.08. The van der Waals surface area contributed by atoms with Gasteiger partial charge >= 0.3 is 0 Å². The van der Waals surface area contributed by atoms with Gasteiger partial charge in [0.1, 0.15) is 0 Å². The zero-order valence-corrected chi connectivity index (χ0v) is 11.9. The summed E-state index contributed by atoms with van der Waals surface area (Å²) in [6, 6.07) is 15.2. The van der Waals surface area contributed by atoms with Crippen LogP contribution in [0.5, 0.6) is 0 Å². The number of fused-ring (bicyclic) bond motifs is 1. The fourth-order valence-electron chi connectivity index (χ4n) is 2.77. The van der Waals surface area contributed by atoms with Gasteiger partial charge in [-0.3, -0.25) is 15.0 Å². The molecule has 2 aromatic rings. The highest BCUT2D eigenvalue weighted by molar-refractivity contribution is 5.54. The Bertz CT molecular complexity index is 655. The highest BCUT2D eigenvalue weighted by atomic mass is 16.6. The highest BCUT2D eigenvalue weighted by Gasteiger charge is 2.19. The Labute approximate surface area is 123 Å². The smallest absolute Gasteiger partial charge is 0.269 e. The van der Waals surface area contributed by atoms with E-state index in [2.05, 4.69) is 41.1 Å². The lowest BCUT2D eigenvalue weighted by Gasteiger charge is -2.36. The summed E-state index contributed by atoms with van der Waals surface area (Å²) in [6.07, 6.45) is 0. The molecule has 0 aliphatic carbocycles. The van der Waals surface area contributed by atoms with Gasteiger partial charge in [-0.05, 0) is 17.2 Å². The summed E-state index contributed by atoms with van der Waals surface area (Å²) in [5.41, 5.74) is 3.82. The van der Waals surface area contributed by atoms with Crippen molar-refractivity contribution < 1.29 is 4.92 Å². The molecule has 3 rings (SSSR count). The summed E-state index contributed by atoms with van der Waals surface area (Å²) in [4.78, 5) is 14.9. The molecule has 1 aliphatic rings. The van der Waals surface area contributed by atoms with Crippen molar-refractivity contribution in [1.29, 1.82) is 0 Å². The third-order valence-corrected chi connectivity index (χ3v) is 3.76. The molecule has 0 atom stereocenters. The van der Waals surface area contributed by atoms with Gasteiger partial charge in [0.25, 0.3) is 5.69 Å². The van der Waals surface area contributed by atoms with Crippen LogP contribution in [-0.2, 0) is 13.1 Å². The van der Waals surface area contributed by atoms with Gasteiger partial charge in [-0.25, -0.2) is 0 Å². The number of hydrogen-bond acceptors (Lipinski definition) is 4. The number of rotatable bonds is 3. The molecule has 0 N–H and O–H groups in total. The topological polar surface area (TPSA) is 49.6 Å². The lowest BCUT2D eigenvalue weighted by Crippen LogP contribution is -2.39. The molecule has 21 heavy (non-hydrogen) atoms. The van der Waals surface area contributed by atoms with Gasteiger partial charge in [0, 0.05) is 38.0 Å². The molecule has 1 heterocycles. The largest absolute Gasteiger partial charge is 0.361 e. The fourth-order valence-corrected chi connectivity index (χ4v) is 2.77. The first-order chi connectivity index (χ1) is 10.1. The quantitative estimate of drug-likeness (QED) is 0.642. The Kier molecular flexibility index (Phi) is 3.58. The number of para-hydroxylation sites is 1. The standard InChI is InChI=1S/C16H17N3O2/c1-17-12-18(11-14-4-2-3-5-16(14)17)10-13-6-8-15(9-7-13)19(20)21/h2-9H,10-12H2,1H3. The van der Waals surface area contributed by atoms with Crippen molar-refractivity contribution in [3.05, 3.63) is 69.8 Å². The van der Waals surface area contributed by atoms with Gasteiger partial charge in [0.05, 0.1) is 11.6 Å². The monoisotopic (exact) mass is 283 g/mol. The van der Waals surface area contributed by atoms with Gasteiger partial charge in [0.15, 0.2) is 0 Å². The normalized spacial score (nSPS) is 14.8. The van der Waals surface area contributed by atoms with Gasteiger partial charge in [-0.15, -0.1) is 0 Å². The molecule has 2 aromatic carbocycles. The lowest BCUT2D eigenvalue weighted by molar-refractivity contribution is -0.384. The fraction of sp³-hybridized carbons (Fsp3) is 0.250. The third-order valence-electron chi connectivity index (χ3n) is 3.76. The van der Waals surface area contributed by atoms with E-state index in [1.54, 1.807) is 12.1 Å². The summed E-state index contributed by atoms with van der Waals surface area (Å²) in [5, 5.41) is 10.7. The molecule has 0 aromatic heterocycles. The van der Waals surface area contributed by atoms with E-state index in [0.29, 0.717) is 0 Å². The van der Waals surface area contributed by atoms with Crippen LogP contribution >= 0.6 is 0 Å². The molecular formula is C16H17N3O2. The second kappa shape index (κ2) is 5.54. The van der Waals surface area contributed by atoms with Crippen LogP contribution in [0.2, 0.25) is 0 Å². The number of anilines is 1. The van der Waals surface area contributed by atoms with Crippen molar-refractivity contribution in [3.8, 4) is 0 Å². The van der Waals surface area contributed by atoms with Crippen LogP contribution in [-0.4, -0.2) is 23.5 Å². The zero-order valence-electron chi connectivity index (χ0n) is 11.9. The first-order valence-electron chi connectivity index (χ1n) is 6.88. The second-order valence-electron chi connectivity index (χ2n) is 5.38. The average molecular weight is 283 g/mol. The van der Waals surface area contributed by atoms with Crippen LogP contribution in [0, 0.1) is 10.1 Å². The van der Waals surface area contributed by atoms with Crippen LogP contribution in [0.4, 0.5) is 11.4 Å². The van der Waals surface area contributed by atoms with Crippen molar-refractivity contribution >= 4 is 11.4 Å². The number of benzene rings is 2. The maximum atomic E-state index is 10.7. The molecule has 0 amide bonds. The SMILES string of the molecule is CN1CN(Cc2ccc([N+](=O)[O-])cc2)Cc2ccccc21. The van der Waals surface area contributed by atoms with Crippen LogP contribution in [0.1, 0.15) is 11.1 Å². The van der Waals surface area contributed by atoms with E-state index in [0.717, 1.165) is 25.3 Å². The molecule has 5 heteroatoms. The Morgan fingerprint density at radius 2 is 1.86 bits per heavy atom. The molecule has 0 unspecified atom stereocenters. The summed E-state index contributed by atoms with van der Waals surface area (Å²) < 4.78 is 0. The van der Waals surface area contributed by atoms with E-state index in [9.17, 15) is 10.1 Å². The Hall–Kier alpha value is -2.40. The highest BCUT2D eigenvalue weighted by Crippen LogP contribution is 2.26. The molecule has 1 aliphatic heterocycles. The molecule has 0 fully saturated rings. The lowest BCUT2D eigenvalue weighted by atomic mass is 10.1. The molecule has 0 bridgehead atoms. The van der Waals surface area contributed by atoms with Gasteiger partial charge in [0.2, 0.25) is 0 Å². The third kappa shape index (κ3) is 2.87. The minimum atomic E-state index is -0.366. The molecule has 0 spiro atoms. The molecule has 5 nitrogen and oxygen atoms in total. The van der Waals surface area contributed by atoms with Crippen LogP contribution in [0.25, 0.3) is 0 Å². The van der Waals surface area contributed by atoms with Crippen LogP contribution < -0.4 is 4.90 Å². The van der Waals surface area contributed by atoms with Crippen molar-refractivity contribution in [1.82, 2.24) is 4.90 Å². The molecule has 0 radical (unpaired) electrons. The summed E-state index contributed by atoms with van der Waals surface area (Å²) in [6.45, 7) is 2.54. The minimum absolute atomic E-state index is 0.139. The Morgan fingerprint density at radius 3 is 2.57 bits per heavy atom. The Balaban J connectivity index is 1.73. The zero-order chi connectivity index (χ0) is 14.8. The van der Waals surface area contributed by atoms with Crippen molar-refractivity contribution in [2.45, 2.75) is 13.1 Å². The summed E-state index contributed by atoms with van der Waals surface area (Å²) in [5.74, 6) is 0. The van der Waals surface area contributed by atoms with Crippen molar-refractivity contribution in [3.63, 3.8) is 0 Å². The first-order valence-corrected chi connectivity index (χ1v) is 6.88. The summed E-state index contributed by atoms with van der Waals surface area (Å²) >= 11 is 0. The maximum absolute atomic E-state index is 10.7. The number of nitro groups is 1. The van der Waals surface area contributed by atoms with E-state index < -0.39 is 0 Å². The number of non-ortho nitro benzene ring substituents is 1. The van der Waals surface area contributed by atoms with E-state index in [-0.39, 0.29) is 10.6 Å². The van der Waals surface area contributed by atoms with Crippen molar-refractivity contribution in [2.24, 2.45) is 0 Å². The predicted octanol–water partition coefficient (Wildman–Crippen LogP) is 3.00. The van der Waals surface area contributed by atoms with E-state index >= 15 is 0 Å². The van der Waals surface area contributed by atoms with Gasteiger partial charge in [-0.2, -0.15) is 0 Å². The van der Waals surface area contributed by atoms with E-state index in [1.807, 2.05) is 12.1 Å². The average Bonchev–Trinajstić information content (AvgIpc) is 2.48. The second-order valence-corrected chi connectivity index (χ2v) is 5.38. The number of hydrogen-bond donors (Lipinski definition) is 0. The van der Waals surface area contributed by atoms with Gasteiger partial charge in [-0.1, -0.05) is 30.3 Å². The number of nitro benzene ring substituents is 1. The molecule has 0 saturated heterocycles. The molecule has 0 saturated carbocycles. The van der Waals surface area contributed by atoms with Crippen LogP contribution in [0.3, 0.4) is 0 Å². The maximum Gasteiger partial charge on any atom is 0.269 e. The van der Waals surface area contributed by atoms with Crippen molar-refractivity contribution in [2.75, 3.05) is 18.6 Å². The predicted molar refractivity (Wildman–Crippen MR) is 82.1 cm³/mol.